The van der Waals surface area contributed by atoms with Gasteiger partial charge in [0.15, 0.2) is 0 Å². The van der Waals surface area contributed by atoms with Gasteiger partial charge in [0, 0.05) is 22.2 Å². The van der Waals surface area contributed by atoms with Crippen LogP contribution in [0.25, 0.3) is 0 Å². The molecule has 0 aliphatic carbocycles. The Hall–Kier alpha value is -2.21. The minimum atomic E-state index is 0. The molecule has 1 rings (SSSR count). The van der Waals surface area contributed by atoms with E-state index >= 15 is 0 Å². The molecule has 28 heavy (non-hydrogen) atoms. The Balaban J connectivity index is -0.000000106. The second kappa shape index (κ2) is 22.8. The van der Waals surface area contributed by atoms with Gasteiger partial charge >= 0.3 is 0 Å². The number of aryl methyl sites for hydroxylation is 1. The van der Waals surface area contributed by atoms with Crippen molar-refractivity contribution < 1.29 is 20.5 Å². The fourth-order valence-corrected chi connectivity index (χ4v) is 1.56. The lowest BCUT2D eigenvalue weighted by molar-refractivity contribution is -0.106. The van der Waals surface area contributed by atoms with Gasteiger partial charge in [-0.3, -0.25) is 4.99 Å². The molecule has 0 atom stereocenters. The molecule has 0 radical (unpaired) electrons. The summed E-state index contributed by atoms with van der Waals surface area (Å²) in [7, 11) is 4.86. The maximum atomic E-state index is 10.1. The van der Waals surface area contributed by atoms with Gasteiger partial charge in [-0.1, -0.05) is 34.3 Å². The molecule has 0 spiro atoms. The number of hydrogen-bond donors (Lipinski definition) is 1. The van der Waals surface area contributed by atoms with Gasteiger partial charge in [0.25, 0.3) is 0 Å². The van der Waals surface area contributed by atoms with E-state index in [1.807, 2.05) is 38.1 Å². The normalized spacial score (nSPS) is 9.29. The molecule has 0 saturated carbocycles. The van der Waals surface area contributed by atoms with Crippen molar-refractivity contribution in [1.82, 2.24) is 0 Å². The summed E-state index contributed by atoms with van der Waals surface area (Å²) in [5.74, 6) is 0.766. The van der Waals surface area contributed by atoms with E-state index in [9.17, 15) is 4.79 Å². The number of anilines is 1. The predicted molar refractivity (Wildman–Crippen MR) is 124 cm³/mol. The molecule has 0 heterocycles. The van der Waals surface area contributed by atoms with Crippen molar-refractivity contribution in [3.05, 3.63) is 23.8 Å². The third-order valence-electron chi connectivity index (χ3n) is 2.75. The zero-order valence-electron chi connectivity index (χ0n) is 18.3. The number of aldehydes is 1. The summed E-state index contributed by atoms with van der Waals surface area (Å²) < 4.78 is 9.39. The van der Waals surface area contributed by atoms with E-state index in [2.05, 4.69) is 42.7 Å². The summed E-state index contributed by atoms with van der Waals surface area (Å²) in [6.07, 6.45) is 3.92. The van der Waals surface area contributed by atoms with Crippen molar-refractivity contribution in [2.75, 3.05) is 39.7 Å². The van der Waals surface area contributed by atoms with Gasteiger partial charge in [0.2, 0.25) is 0 Å². The smallest absolute Gasteiger partial charge is 0.142 e. The molecule has 0 bridgehead atoms. The van der Waals surface area contributed by atoms with Gasteiger partial charge in [-0.05, 0) is 49.6 Å². The van der Waals surface area contributed by atoms with Gasteiger partial charge in [-0.2, -0.15) is 0 Å². The molecule has 1 aromatic rings. The standard InChI is InChI=1S/C10H13NO2.C8H17N.C2H6O.CH2O.CH4.H2/c1-8-3-4-9(11-5-6-12)10(7-8)13-2;1-5-9-7-6-8(2,3)4;1-3-2;1-2;;/h3-4,6-7,11H,5H2,1-2H3;7H,5-6H2,1-4H3;1-2H3;1H2;1H4;1H. The van der Waals surface area contributed by atoms with E-state index in [4.69, 9.17) is 9.53 Å². The average Bonchev–Trinajstić information content (AvgIpc) is 2.63. The van der Waals surface area contributed by atoms with E-state index in [0.29, 0.717) is 12.0 Å². The first-order valence-corrected chi connectivity index (χ1v) is 8.75. The number of aliphatic imine (C=N–C) groups is 1. The lowest BCUT2D eigenvalue weighted by Gasteiger charge is -2.13. The van der Waals surface area contributed by atoms with Crippen molar-refractivity contribution >= 4 is 25.0 Å². The summed E-state index contributed by atoms with van der Waals surface area (Å²) in [4.78, 5) is 22.3. The van der Waals surface area contributed by atoms with Crippen molar-refractivity contribution in [2.45, 2.75) is 48.5 Å². The van der Waals surface area contributed by atoms with Crippen LogP contribution in [0.5, 0.6) is 5.75 Å². The van der Waals surface area contributed by atoms with Crippen LogP contribution in [0, 0.1) is 12.3 Å². The van der Waals surface area contributed by atoms with Crippen molar-refractivity contribution in [3.8, 4) is 5.75 Å². The fraction of sp³-hybridized carbons (Fsp3) is 0.591. The van der Waals surface area contributed by atoms with Gasteiger partial charge in [0.05, 0.1) is 19.3 Å². The maximum Gasteiger partial charge on any atom is 0.142 e. The molecule has 0 aliphatic rings. The molecule has 6 heteroatoms. The number of carbonyl (C=O) groups is 2. The molecule has 0 fully saturated rings. The van der Waals surface area contributed by atoms with Crippen LogP contribution in [0.1, 0.15) is 48.5 Å². The van der Waals surface area contributed by atoms with E-state index in [0.717, 1.165) is 36.3 Å². The first-order chi connectivity index (χ1) is 12.7. The van der Waals surface area contributed by atoms with Crippen LogP contribution < -0.4 is 10.1 Å². The van der Waals surface area contributed by atoms with Gasteiger partial charge < -0.3 is 24.4 Å². The number of hydrogen-bond acceptors (Lipinski definition) is 6. The minimum Gasteiger partial charge on any atom is -0.495 e. The van der Waals surface area contributed by atoms with Gasteiger partial charge in [-0.15, -0.1) is 0 Å². The molecule has 0 aliphatic heterocycles. The SMILES string of the molecule is C.C=O.CCN=CCC(C)(C)C.COC.COc1cc(C)ccc1NCC=O.[HH]. The second-order valence-corrected chi connectivity index (χ2v) is 6.61. The van der Waals surface area contributed by atoms with Crippen LogP contribution >= 0.6 is 0 Å². The molecular formula is C22H44N2O4. The Morgan fingerprint density at radius 1 is 1.21 bits per heavy atom. The van der Waals surface area contributed by atoms with E-state index in [1.54, 1.807) is 21.3 Å². The van der Waals surface area contributed by atoms with Crippen LogP contribution in [0.2, 0.25) is 0 Å². The Morgan fingerprint density at radius 2 is 1.75 bits per heavy atom. The summed E-state index contributed by atoms with van der Waals surface area (Å²) in [5, 5.41) is 2.95. The van der Waals surface area contributed by atoms with Crippen LogP contribution in [0.4, 0.5) is 5.69 Å². The lowest BCUT2D eigenvalue weighted by atomic mass is 9.93. The number of methoxy groups -OCH3 is 2. The van der Waals surface area contributed by atoms with Gasteiger partial charge in [0.1, 0.15) is 18.8 Å². The van der Waals surface area contributed by atoms with Crippen LogP contribution in [-0.2, 0) is 14.3 Å². The first kappa shape index (κ1) is 33.4. The number of nitrogens with one attached hydrogen (secondary N) is 1. The fourth-order valence-electron chi connectivity index (χ4n) is 1.56. The number of rotatable bonds is 6. The van der Waals surface area contributed by atoms with Crippen LogP contribution in [0.15, 0.2) is 23.2 Å². The van der Waals surface area contributed by atoms with E-state index < -0.39 is 0 Å². The minimum absolute atomic E-state index is 0. The maximum absolute atomic E-state index is 10.1. The Bertz CT molecular complexity index is 504. The summed E-state index contributed by atoms with van der Waals surface area (Å²) in [6, 6.07) is 5.79. The lowest BCUT2D eigenvalue weighted by Crippen LogP contribution is -2.04. The third kappa shape index (κ3) is 23.8. The molecule has 0 aromatic heterocycles. The van der Waals surface area contributed by atoms with Crippen molar-refractivity contribution in [1.29, 1.82) is 0 Å². The summed E-state index contributed by atoms with van der Waals surface area (Å²) in [6.45, 7) is 13.9. The quantitative estimate of drug-likeness (QED) is 0.532. The molecule has 0 amide bonds. The number of benzene rings is 1. The highest BCUT2D eigenvalue weighted by molar-refractivity contribution is 5.64. The number of nitrogens with zero attached hydrogens (tertiary/aromatic N) is 1. The monoisotopic (exact) mass is 400 g/mol. The highest BCUT2D eigenvalue weighted by atomic mass is 16.5. The molecule has 6 nitrogen and oxygen atoms in total. The molecule has 0 saturated heterocycles. The first-order valence-electron chi connectivity index (χ1n) is 8.75. The Kier molecular flexibility index (Phi) is 27.2. The highest BCUT2D eigenvalue weighted by Crippen LogP contribution is 2.24. The largest absolute Gasteiger partial charge is 0.495 e. The summed E-state index contributed by atoms with van der Waals surface area (Å²) in [5.41, 5.74) is 2.38. The van der Waals surface area contributed by atoms with Crippen molar-refractivity contribution in [3.63, 3.8) is 0 Å². The third-order valence-corrected chi connectivity index (χ3v) is 2.75. The topological polar surface area (TPSA) is 77.0 Å². The zero-order chi connectivity index (χ0) is 21.7. The van der Waals surface area contributed by atoms with Crippen LogP contribution in [0.3, 0.4) is 0 Å². The number of carbonyl (C=O) groups excluding carboxylic acids is 2. The predicted octanol–water partition coefficient (Wildman–Crippen LogP) is 5.09. The highest BCUT2D eigenvalue weighted by Gasteiger charge is 2.06. The van der Waals surface area contributed by atoms with Gasteiger partial charge in [-0.25, -0.2) is 0 Å². The second-order valence-electron chi connectivity index (χ2n) is 6.61. The average molecular weight is 401 g/mol. The Labute approximate surface area is 174 Å². The molecule has 1 aromatic carbocycles. The Morgan fingerprint density at radius 3 is 2.14 bits per heavy atom. The molecule has 1 N–H and O–H groups in total. The molecule has 0 unspecified atom stereocenters. The van der Waals surface area contributed by atoms with Crippen molar-refractivity contribution in [2.24, 2.45) is 10.4 Å². The van der Waals surface area contributed by atoms with E-state index in [-0.39, 0.29) is 8.85 Å². The molecular weight excluding hydrogens is 356 g/mol. The van der Waals surface area contributed by atoms with Crippen LogP contribution in [-0.4, -0.2) is 53.7 Å². The molecule has 166 valence electrons. The summed E-state index contributed by atoms with van der Waals surface area (Å²) >= 11 is 0. The van der Waals surface area contributed by atoms with E-state index in [1.165, 1.54) is 0 Å². The zero-order valence-corrected chi connectivity index (χ0v) is 18.3. The number of ether oxygens (including phenoxy) is 2.